The molecule has 0 radical (unpaired) electrons. The first-order valence-electron chi connectivity index (χ1n) is 11.6. The lowest BCUT2D eigenvalue weighted by atomic mass is 9.73. The summed E-state index contributed by atoms with van der Waals surface area (Å²) in [5, 5.41) is 15.8. The third-order valence-corrected chi connectivity index (χ3v) is 7.00. The topological polar surface area (TPSA) is 112 Å². The first-order valence-corrected chi connectivity index (χ1v) is 11.6. The van der Waals surface area contributed by atoms with Gasteiger partial charge < -0.3 is 29.2 Å². The number of Topliss-reactive ketones (excluding diaryl/α,β-unsaturated/α-hetero) is 1. The van der Waals surface area contributed by atoms with E-state index in [4.69, 9.17) is 18.9 Å². The molecule has 0 aromatic heterocycles. The number of fused-ring (bicyclic) bond motifs is 2. The summed E-state index contributed by atoms with van der Waals surface area (Å²) in [4.78, 5) is 26.7. The van der Waals surface area contributed by atoms with E-state index in [1.165, 1.54) is 14.2 Å². The van der Waals surface area contributed by atoms with E-state index in [0.717, 1.165) is 16.9 Å². The van der Waals surface area contributed by atoms with Gasteiger partial charge in [-0.15, -0.1) is 0 Å². The average molecular weight is 498 g/mol. The summed E-state index contributed by atoms with van der Waals surface area (Å²) in [6.45, 7) is 0.640. The van der Waals surface area contributed by atoms with Gasteiger partial charge in [0.15, 0.2) is 5.82 Å². The van der Waals surface area contributed by atoms with Crippen LogP contribution >= 0.6 is 0 Å². The second-order valence-corrected chi connectivity index (χ2v) is 8.81. The fourth-order valence-corrected chi connectivity index (χ4v) is 5.22. The van der Waals surface area contributed by atoms with Crippen LogP contribution in [0.5, 0.6) is 11.5 Å². The van der Waals surface area contributed by atoms with Crippen LogP contribution in [0.1, 0.15) is 24.0 Å². The van der Waals surface area contributed by atoms with Crippen LogP contribution in [-0.2, 0) is 27.4 Å². The highest BCUT2D eigenvalue weighted by Gasteiger charge is 2.63. The molecule has 1 fully saturated rings. The Labute approximate surface area is 209 Å². The number of rotatable bonds is 10. The average Bonchev–Trinajstić information content (AvgIpc) is 2.89. The largest absolute Gasteiger partial charge is 0.497 e. The highest BCUT2D eigenvalue weighted by Crippen LogP contribution is 2.48. The Morgan fingerprint density at radius 3 is 2.00 bits per heavy atom. The normalized spacial score (nSPS) is 20.8. The molecule has 1 aliphatic carbocycles. The van der Waals surface area contributed by atoms with Gasteiger partial charge in [-0.1, -0.05) is 24.3 Å². The SMILES string of the molecule is COc1ccc(CNC2=C([N+](=O)[O-])C3CC(=O)CC(N2Cc2ccc(OC)cc2)C3(OC)OC)cc1. The van der Waals surface area contributed by atoms with E-state index in [9.17, 15) is 14.9 Å². The molecular formula is C26H31N3O7. The Balaban J connectivity index is 1.79. The lowest BCUT2D eigenvalue weighted by molar-refractivity contribution is -0.455. The number of benzene rings is 2. The first-order chi connectivity index (χ1) is 17.4. The molecule has 1 heterocycles. The van der Waals surface area contributed by atoms with Crippen molar-refractivity contribution in [3.63, 3.8) is 0 Å². The van der Waals surface area contributed by atoms with Crippen molar-refractivity contribution in [2.75, 3.05) is 28.4 Å². The first kappa shape index (κ1) is 25.5. The van der Waals surface area contributed by atoms with Crippen LogP contribution in [0.3, 0.4) is 0 Å². The van der Waals surface area contributed by atoms with Gasteiger partial charge in [-0.05, 0) is 35.4 Å². The van der Waals surface area contributed by atoms with Crippen molar-refractivity contribution in [1.82, 2.24) is 10.2 Å². The lowest BCUT2D eigenvalue weighted by Crippen LogP contribution is -2.67. The van der Waals surface area contributed by atoms with Crippen molar-refractivity contribution in [1.29, 1.82) is 0 Å². The monoisotopic (exact) mass is 497 g/mol. The van der Waals surface area contributed by atoms with Gasteiger partial charge >= 0.3 is 0 Å². The summed E-state index contributed by atoms with van der Waals surface area (Å²) in [7, 11) is 6.13. The van der Waals surface area contributed by atoms with E-state index in [0.29, 0.717) is 24.7 Å². The Morgan fingerprint density at radius 1 is 0.944 bits per heavy atom. The van der Waals surface area contributed by atoms with Gasteiger partial charge in [0.2, 0.25) is 5.79 Å². The number of nitrogens with one attached hydrogen (secondary N) is 1. The quantitative estimate of drug-likeness (QED) is 0.301. The summed E-state index contributed by atoms with van der Waals surface area (Å²) in [5.41, 5.74) is 1.69. The standard InChI is InChI=1S/C26H31N3O7/c1-33-20-9-5-17(6-10-20)15-27-25-24(29(31)32)22-13-19(30)14-23(26(22,35-3)36-4)28(25)16-18-7-11-21(34-2)12-8-18/h5-12,22-23,27H,13-16H2,1-4H3. The Morgan fingerprint density at radius 2 is 1.50 bits per heavy atom. The van der Waals surface area contributed by atoms with Crippen molar-refractivity contribution < 1.29 is 28.7 Å². The highest BCUT2D eigenvalue weighted by molar-refractivity contribution is 5.81. The third kappa shape index (κ3) is 4.61. The number of ether oxygens (including phenoxy) is 4. The Hall–Kier alpha value is -3.63. The third-order valence-electron chi connectivity index (χ3n) is 7.00. The minimum Gasteiger partial charge on any atom is -0.497 e. The van der Waals surface area contributed by atoms with E-state index in [1.54, 1.807) is 14.2 Å². The van der Waals surface area contributed by atoms with Crippen molar-refractivity contribution in [2.24, 2.45) is 5.92 Å². The van der Waals surface area contributed by atoms with Gasteiger partial charge in [0.25, 0.3) is 5.70 Å². The molecule has 1 N–H and O–H groups in total. The molecule has 2 bridgehead atoms. The predicted octanol–water partition coefficient (Wildman–Crippen LogP) is 3.09. The van der Waals surface area contributed by atoms with Crippen molar-refractivity contribution >= 4 is 5.78 Å². The number of nitrogens with zero attached hydrogens (tertiary/aromatic N) is 2. The van der Waals surface area contributed by atoms with Crippen LogP contribution in [0.15, 0.2) is 60.0 Å². The molecule has 10 nitrogen and oxygen atoms in total. The number of carbonyl (C=O) groups is 1. The molecule has 2 aliphatic rings. The molecule has 0 amide bonds. The van der Waals surface area contributed by atoms with E-state index in [2.05, 4.69) is 5.32 Å². The molecule has 2 atom stereocenters. The summed E-state index contributed by atoms with van der Waals surface area (Å²) < 4.78 is 22.2. The van der Waals surface area contributed by atoms with Crippen LogP contribution in [0.4, 0.5) is 0 Å². The fourth-order valence-electron chi connectivity index (χ4n) is 5.22. The number of hydrogen-bond donors (Lipinski definition) is 1. The van der Waals surface area contributed by atoms with Crippen molar-refractivity contribution in [2.45, 2.75) is 37.8 Å². The second kappa shape index (κ2) is 10.5. The zero-order valence-corrected chi connectivity index (χ0v) is 20.9. The van der Waals surface area contributed by atoms with E-state index < -0.39 is 22.7 Å². The maximum atomic E-state index is 12.8. The lowest BCUT2D eigenvalue weighted by Gasteiger charge is -2.53. The number of ketones is 1. The molecule has 4 rings (SSSR count). The number of hydrogen-bond acceptors (Lipinski definition) is 9. The van der Waals surface area contributed by atoms with Crippen LogP contribution < -0.4 is 14.8 Å². The molecule has 1 saturated carbocycles. The van der Waals surface area contributed by atoms with Gasteiger partial charge in [0.1, 0.15) is 23.2 Å². The second-order valence-electron chi connectivity index (χ2n) is 8.81. The minimum atomic E-state index is -1.34. The van der Waals surface area contributed by atoms with Gasteiger partial charge in [0, 0.05) is 40.2 Å². The molecule has 2 unspecified atom stereocenters. The molecule has 192 valence electrons. The smallest absolute Gasteiger partial charge is 0.294 e. The summed E-state index contributed by atoms with van der Waals surface area (Å²) in [5.74, 6) is -0.483. The molecule has 2 aromatic carbocycles. The molecule has 0 saturated heterocycles. The molecule has 0 spiro atoms. The highest BCUT2D eigenvalue weighted by atomic mass is 16.7. The summed E-state index contributed by atoms with van der Waals surface area (Å²) in [6.07, 6.45) is 0.117. The Kier molecular flexibility index (Phi) is 7.46. The van der Waals surface area contributed by atoms with Gasteiger partial charge in [-0.25, -0.2) is 0 Å². The Bertz CT molecular complexity index is 1130. The van der Waals surface area contributed by atoms with Gasteiger partial charge in [-0.3, -0.25) is 14.9 Å². The zero-order valence-electron chi connectivity index (χ0n) is 20.9. The van der Waals surface area contributed by atoms with E-state index >= 15 is 0 Å². The van der Waals surface area contributed by atoms with Crippen LogP contribution in [-0.4, -0.2) is 55.9 Å². The molecular weight excluding hydrogens is 466 g/mol. The molecule has 2 aromatic rings. The van der Waals surface area contributed by atoms with Crippen molar-refractivity contribution in [3.05, 3.63) is 81.3 Å². The molecule has 10 heteroatoms. The summed E-state index contributed by atoms with van der Waals surface area (Å²) in [6, 6.07) is 14.3. The summed E-state index contributed by atoms with van der Waals surface area (Å²) >= 11 is 0. The predicted molar refractivity (Wildman–Crippen MR) is 131 cm³/mol. The number of nitro groups is 1. The van der Waals surface area contributed by atoms with Crippen LogP contribution in [0, 0.1) is 16.0 Å². The number of carbonyl (C=O) groups excluding carboxylic acids is 1. The van der Waals surface area contributed by atoms with E-state index in [-0.39, 0.29) is 24.3 Å². The molecule has 36 heavy (non-hydrogen) atoms. The maximum absolute atomic E-state index is 12.8. The molecule has 1 aliphatic heterocycles. The zero-order chi connectivity index (χ0) is 25.9. The van der Waals surface area contributed by atoms with Gasteiger partial charge in [0.05, 0.1) is 25.2 Å². The minimum absolute atomic E-state index is 0.0292. The van der Waals surface area contributed by atoms with Crippen molar-refractivity contribution in [3.8, 4) is 11.5 Å². The number of methoxy groups -OCH3 is 4. The van der Waals surface area contributed by atoms with Crippen LogP contribution in [0.25, 0.3) is 0 Å². The van der Waals surface area contributed by atoms with E-state index in [1.807, 2.05) is 53.4 Å². The maximum Gasteiger partial charge on any atom is 0.294 e. The van der Waals surface area contributed by atoms with Crippen LogP contribution in [0.2, 0.25) is 0 Å². The fraction of sp³-hybridized carbons (Fsp3) is 0.423. The van der Waals surface area contributed by atoms with Gasteiger partial charge in [-0.2, -0.15) is 0 Å².